The zero-order valence-corrected chi connectivity index (χ0v) is 12.1. The van der Waals surface area contributed by atoms with Crippen LogP contribution >= 0.6 is 0 Å². The quantitative estimate of drug-likeness (QED) is 0.906. The van der Waals surface area contributed by atoms with Crippen molar-refractivity contribution in [1.82, 2.24) is 4.98 Å². The Kier molecular flexibility index (Phi) is 4.23. The molecule has 0 unspecified atom stereocenters. The van der Waals surface area contributed by atoms with Gasteiger partial charge in [0.15, 0.2) is 0 Å². The van der Waals surface area contributed by atoms with Crippen LogP contribution in [0.25, 0.3) is 10.9 Å². The molecule has 4 heteroatoms. The van der Waals surface area contributed by atoms with Crippen molar-refractivity contribution >= 4 is 16.9 Å². The summed E-state index contributed by atoms with van der Waals surface area (Å²) in [6.45, 7) is 4.04. The maximum absolute atomic E-state index is 11.6. The van der Waals surface area contributed by atoms with Gasteiger partial charge in [-0.2, -0.15) is 0 Å². The van der Waals surface area contributed by atoms with Crippen molar-refractivity contribution in [3.63, 3.8) is 0 Å². The molecule has 4 nitrogen and oxygen atoms in total. The fourth-order valence-electron chi connectivity index (χ4n) is 2.53. The number of rotatable bonds is 5. The van der Waals surface area contributed by atoms with E-state index in [9.17, 15) is 9.90 Å². The van der Waals surface area contributed by atoms with E-state index in [1.165, 1.54) is 0 Å². The van der Waals surface area contributed by atoms with E-state index >= 15 is 0 Å². The number of ether oxygens (including phenoxy) is 1. The first-order valence-electron chi connectivity index (χ1n) is 6.85. The number of nitrogens with zero attached hydrogens (tertiary/aromatic N) is 1. The Bertz CT molecular complexity index is 650. The molecule has 1 heterocycles. The van der Waals surface area contributed by atoms with Crippen molar-refractivity contribution in [2.24, 2.45) is 0 Å². The number of aromatic carboxylic acids is 1. The number of aryl methyl sites for hydroxylation is 1. The molecule has 0 atom stereocenters. The summed E-state index contributed by atoms with van der Waals surface area (Å²) in [7, 11) is 1.59. The number of fused-ring (bicyclic) bond motifs is 1. The van der Waals surface area contributed by atoms with Crippen LogP contribution in [-0.4, -0.2) is 23.2 Å². The SMILES string of the molecule is CCCc1nc2cc(OC)ccc2c(C(=O)O)c1CC. The number of hydrogen-bond acceptors (Lipinski definition) is 3. The fourth-order valence-corrected chi connectivity index (χ4v) is 2.53. The maximum Gasteiger partial charge on any atom is 0.336 e. The van der Waals surface area contributed by atoms with Gasteiger partial charge in [-0.05, 0) is 30.5 Å². The van der Waals surface area contributed by atoms with Crippen molar-refractivity contribution in [3.8, 4) is 5.75 Å². The molecule has 0 amide bonds. The third kappa shape index (κ3) is 2.46. The van der Waals surface area contributed by atoms with Gasteiger partial charge in [-0.25, -0.2) is 4.79 Å². The average Bonchev–Trinajstić information content (AvgIpc) is 2.45. The van der Waals surface area contributed by atoms with Crippen molar-refractivity contribution < 1.29 is 14.6 Å². The molecule has 0 aliphatic rings. The highest BCUT2D eigenvalue weighted by Crippen LogP contribution is 2.28. The molecule has 0 radical (unpaired) electrons. The molecule has 2 aromatic rings. The molecular formula is C16H19NO3. The van der Waals surface area contributed by atoms with Crippen LogP contribution in [0.15, 0.2) is 18.2 Å². The molecular weight excluding hydrogens is 254 g/mol. The first-order chi connectivity index (χ1) is 9.62. The Morgan fingerprint density at radius 2 is 2.10 bits per heavy atom. The normalized spacial score (nSPS) is 10.8. The first kappa shape index (κ1) is 14.3. The zero-order chi connectivity index (χ0) is 14.7. The molecule has 0 saturated carbocycles. The molecule has 0 spiro atoms. The number of hydrogen-bond donors (Lipinski definition) is 1. The predicted octanol–water partition coefficient (Wildman–Crippen LogP) is 3.46. The van der Waals surface area contributed by atoms with Crippen molar-refractivity contribution in [2.45, 2.75) is 33.1 Å². The summed E-state index contributed by atoms with van der Waals surface area (Å²) in [4.78, 5) is 16.3. The van der Waals surface area contributed by atoms with Crippen LogP contribution in [0.5, 0.6) is 5.75 Å². The Morgan fingerprint density at radius 1 is 1.35 bits per heavy atom. The fraction of sp³-hybridized carbons (Fsp3) is 0.375. The van der Waals surface area contributed by atoms with Crippen molar-refractivity contribution in [3.05, 3.63) is 35.0 Å². The number of carboxylic acids is 1. The van der Waals surface area contributed by atoms with Gasteiger partial charge in [0.25, 0.3) is 0 Å². The van der Waals surface area contributed by atoms with E-state index in [0.717, 1.165) is 24.1 Å². The lowest BCUT2D eigenvalue weighted by atomic mass is 9.96. The second-order valence-corrected chi connectivity index (χ2v) is 4.70. The highest BCUT2D eigenvalue weighted by Gasteiger charge is 2.18. The van der Waals surface area contributed by atoms with Crippen LogP contribution in [0.2, 0.25) is 0 Å². The maximum atomic E-state index is 11.6. The summed E-state index contributed by atoms with van der Waals surface area (Å²) in [5.74, 6) is -0.204. The Morgan fingerprint density at radius 3 is 2.65 bits per heavy atom. The van der Waals surface area contributed by atoms with Gasteiger partial charge < -0.3 is 9.84 Å². The number of benzene rings is 1. The average molecular weight is 273 g/mol. The summed E-state index contributed by atoms with van der Waals surface area (Å²) >= 11 is 0. The molecule has 20 heavy (non-hydrogen) atoms. The lowest BCUT2D eigenvalue weighted by Gasteiger charge is -2.13. The second kappa shape index (κ2) is 5.90. The van der Waals surface area contributed by atoms with E-state index in [4.69, 9.17) is 4.74 Å². The van der Waals surface area contributed by atoms with E-state index in [2.05, 4.69) is 11.9 Å². The second-order valence-electron chi connectivity index (χ2n) is 4.70. The standard InChI is InChI=1S/C16H19NO3/c1-4-6-13-11(5-2)15(16(18)19)12-8-7-10(20-3)9-14(12)17-13/h7-9H,4-6H2,1-3H3,(H,18,19). The van der Waals surface area contributed by atoms with Crippen LogP contribution < -0.4 is 4.74 Å². The highest BCUT2D eigenvalue weighted by molar-refractivity contribution is 6.04. The van der Waals surface area contributed by atoms with Crippen LogP contribution in [0.4, 0.5) is 0 Å². The molecule has 0 saturated heterocycles. The van der Waals surface area contributed by atoms with Crippen molar-refractivity contribution in [2.75, 3.05) is 7.11 Å². The highest BCUT2D eigenvalue weighted by atomic mass is 16.5. The topological polar surface area (TPSA) is 59.4 Å². The van der Waals surface area contributed by atoms with Gasteiger partial charge in [0.05, 0.1) is 18.2 Å². The van der Waals surface area contributed by atoms with Gasteiger partial charge in [0, 0.05) is 17.1 Å². The molecule has 2 rings (SSSR count). The third-order valence-corrected chi connectivity index (χ3v) is 3.43. The van der Waals surface area contributed by atoms with Gasteiger partial charge in [-0.1, -0.05) is 20.3 Å². The van der Waals surface area contributed by atoms with Crippen molar-refractivity contribution in [1.29, 1.82) is 0 Å². The molecule has 1 N–H and O–H groups in total. The molecule has 0 aliphatic heterocycles. The minimum absolute atomic E-state index is 0.378. The minimum atomic E-state index is -0.892. The molecule has 0 aliphatic carbocycles. The predicted molar refractivity (Wildman–Crippen MR) is 78.6 cm³/mol. The summed E-state index contributed by atoms with van der Waals surface area (Å²) in [5, 5.41) is 10.2. The van der Waals surface area contributed by atoms with Crippen LogP contribution in [0.3, 0.4) is 0 Å². The number of pyridine rings is 1. The lowest BCUT2D eigenvalue weighted by Crippen LogP contribution is -2.09. The van der Waals surface area contributed by atoms with Gasteiger partial charge in [0.1, 0.15) is 5.75 Å². The smallest absolute Gasteiger partial charge is 0.336 e. The minimum Gasteiger partial charge on any atom is -0.497 e. The van der Waals surface area contributed by atoms with Gasteiger partial charge >= 0.3 is 5.97 Å². The monoisotopic (exact) mass is 273 g/mol. The van der Waals surface area contributed by atoms with Gasteiger partial charge in [0.2, 0.25) is 0 Å². The van der Waals surface area contributed by atoms with E-state index in [1.54, 1.807) is 25.3 Å². The van der Waals surface area contributed by atoms with E-state index < -0.39 is 5.97 Å². The molecule has 1 aromatic heterocycles. The van der Waals surface area contributed by atoms with Crippen LogP contribution in [0.1, 0.15) is 41.9 Å². The number of carbonyl (C=O) groups is 1. The van der Waals surface area contributed by atoms with Crippen LogP contribution in [0, 0.1) is 0 Å². The summed E-state index contributed by atoms with van der Waals surface area (Å²) < 4.78 is 5.19. The number of methoxy groups -OCH3 is 1. The molecule has 0 bridgehead atoms. The molecule has 106 valence electrons. The van der Waals surface area contributed by atoms with Gasteiger partial charge in [-0.3, -0.25) is 4.98 Å². The largest absolute Gasteiger partial charge is 0.497 e. The number of aromatic nitrogens is 1. The third-order valence-electron chi connectivity index (χ3n) is 3.43. The van der Waals surface area contributed by atoms with E-state index in [0.29, 0.717) is 28.6 Å². The summed E-state index contributed by atoms with van der Waals surface area (Å²) in [5.41, 5.74) is 2.79. The zero-order valence-electron chi connectivity index (χ0n) is 12.1. The van der Waals surface area contributed by atoms with E-state index in [-0.39, 0.29) is 0 Å². The van der Waals surface area contributed by atoms with E-state index in [1.807, 2.05) is 6.92 Å². The summed E-state index contributed by atoms with van der Waals surface area (Å²) in [6, 6.07) is 5.34. The lowest BCUT2D eigenvalue weighted by molar-refractivity contribution is 0.0697. The summed E-state index contributed by atoms with van der Waals surface area (Å²) in [6.07, 6.45) is 2.40. The Balaban J connectivity index is 2.82. The molecule has 0 fully saturated rings. The molecule has 1 aromatic carbocycles. The Hall–Kier alpha value is -2.10. The first-order valence-corrected chi connectivity index (χ1v) is 6.85. The van der Waals surface area contributed by atoms with Crippen LogP contribution in [-0.2, 0) is 12.8 Å². The Labute approximate surface area is 118 Å². The number of carboxylic acid groups (broad SMARTS) is 1. The van der Waals surface area contributed by atoms with Gasteiger partial charge in [-0.15, -0.1) is 0 Å².